The molecule has 0 radical (unpaired) electrons. The largest absolute Gasteiger partial charge is 0.256 e. The van der Waals surface area contributed by atoms with E-state index < -0.39 is 0 Å². The SMILES string of the molecule is c1ccc(-c2cc(-c3cnc4ccccc4c3)nc(-c3ccccc3)n2)cc1. The van der Waals surface area contributed by atoms with E-state index in [-0.39, 0.29) is 0 Å². The van der Waals surface area contributed by atoms with Gasteiger partial charge in [0, 0.05) is 28.3 Å². The number of aromatic nitrogens is 3. The highest BCUT2D eigenvalue weighted by Crippen LogP contribution is 2.28. The summed E-state index contributed by atoms with van der Waals surface area (Å²) < 4.78 is 0. The first-order valence-electron chi connectivity index (χ1n) is 9.22. The highest BCUT2D eigenvalue weighted by Gasteiger charge is 2.11. The first-order chi connectivity index (χ1) is 13.9. The number of nitrogens with zero attached hydrogens (tertiary/aromatic N) is 3. The van der Waals surface area contributed by atoms with E-state index in [9.17, 15) is 0 Å². The first-order valence-corrected chi connectivity index (χ1v) is 9.22. The monoisotopic (exact) mass is 359 g/mol. The van der Waals surface area contributed by atoms with Gasteiger partial charge >= 0.3 is 0 Å². The minimum absolute atomic E-state index is 0.713. The molecule has 28 heavy (non-hydrogen) atoms. The predicted octanol–water partition coefficient (Wildman–Crippen LogP) is 6.03. The van der Waals surface area contributed by atoms with E-state index in [1.165, 1.54) is 0 Å². The maximum absolute atomic E-state index is 4.86. The molecule has 5 rings (SSSR count). The van der Waals surface area contributed by atoms with Crippen molar-refractivity contribution < 1.29 is 0 Å². The molecule has 0 unspecified atom stereocenters. The van der Waals surface area contributed by atoms with E-state index in [4.69, 9.17) is 9.97 Å². The molecule has 0 saturated heterocycles. The lowest BCUT2D eigenvalue weighted by Crippen LogP contribution is -1.96. The van der Waals surface area contributed by atoms with Crippen molar-refractivity contribution in [3.8, 4) is 33.9 Å². The van der Waals surface area contributed by atoms with E-state index in [0.29, 0.717) is 5.82 Å². The highest BCUT2D eigenvalue weighted by molar-refractivity contribution is 5.83. The molecule has 2 aromatic heterocycles. The zero-order valence-corrected chi connectivity index (χ0v) is 15.2. The summed E-state index contributed by atoms with van der Waals surface area (Å²) in [4.78, 5) is 14.3. The number of hydrogen-bond acceptors (Lipinski definition) is 3. The second-order valence-corrected chi connectivity index (χ2v) is 6.61. The molecule has 3 heteroatoms. The highest BCUT2D eigenvalue weighted by atomic mass is 14.9. The van der Waals surface area contributed by atoms with Crippen LogP contribution in [0.15, 0.2) is 103 Å². The molecule has 0 aliphatic heterocycles. The minimum Gasteiger partial charge on any atom is -0.256 e. The van der Waals surface area contributed by atoms with Gasteiger partial charge in [0.1, 0.15) is 0 Å². The van der Waals surface area contributed by atoms with Crippen LogP contribution < -0.4 is 0 Å². The Kier molecular flexibility index (Phi) is 4.11. The summed E-state index contributed by atoms with van der Waals surface area (Å²) in [5.74, 6) is 0.713. The summed E-state index contributed by atoms with van der Waals surface area (Å²) in [5.41, 5.74) is 5.79. The first kappa shape index (κ1) is 16.3. The van der Waals surface area contributed by atoms with Crippen molar-refractivity contribution in [2.75, 3.05) is 0 Å². The fourth-order valence-corrected chi connectivity index (χ4v) is 3.28. The normalized spacial score (nSPS) is 10.9. The van der Waals surface area contributed by atoms with Crippen molar-refractivity contribution in [3.63, 3.8) is 0 Å². The van der Waals surface area contributed by atoms with Crippen LogP contribution in [-0.4, -0.2) is 15.0 Å². The Bertz CT molecular complexity index is 1190. The Hall–Kier alpha value is -3.85. The molecule has 0 saturated carbocycles. The van der Waals surface area contributed by atoms with E-state index in [0.717, 1.165) is 39.0 Å². The second kappa shape index (κ2) is 7.05. The molecule has 0 aliphatic rings. The van der Waals surface area contributed by atoms with Crippen LogP contribution in [0.3, 0.4) is 0 Å². The lowest BCUT2D eigenvalue weighted by Gasteiger charge is -2.09. The molecule has 0 bridgehead atoms. The van der Waals surface area contributed by atoms with Crippen LogP contribution in [0.1, 0.15) is 0 Å². The quantitative estimate of drug-likeness (QED) is 0.395. The van der Waals surface area contributed by atoms with Crippen LogP contribution in [0.25, 0.3) is 44.8 Å². The number of hydrogen-bond donors (Lipinski definition) is 0. The van der Waals surface area contributed by atoms with Crippen molar-refractivity contribution in [1.82, 2.24) is 15.0 Å². The Labute approximate surface area is 163 Å². The van der Waals surface area contributed by atoms with Gasteiger partial charge in [0.25, 0.3) is 0 Å². The fraction of sp³-hybridized carbons (Fsp3) is 0. The van der Waals surface area contributed by atoms with Gasteiger partial charge in [-0.3, -0.25) is 4.98 Å². The van der Waals surface area contributed by atoms with Crippen LogP contribution in [0.4, 0.5) is 0 Å². The van der Waals surface area contributed by atoms with Gasteiger partial charge < -0.3 is 0 Å². The van der Waals surface area contributed by atoms with Crippen molar-refractivity contribution in [3.05, 3.63) is 103 Å². The van der Waals surface area contributed by atoms with E-state index >= 15 is 0 Å². The molecule has 0 atom stereocenters. The molecule has 2 heterocycles. The molecular formula is C25H17N3. The standard InChI is InChI=1S/C25H17N3/c1-3-9-18(10-4-1)23-16-24(28-25(27-23)19-11-5-2-6-12-19)21-15-20-13-7-8-14-22(20)26-17-21/h1-17H. The van der Waals surface area contributed by atoms with Gasteiger partial charge in [0.15, 0.2) is 5.82 Å². The zero-order valence-electron chi connectivity index (χ0n) is 15.2. The fourth-order valence-electron chi connectivity index (χ4n) is 3.28. The average Bonchev–Trinajstić information content (AvgIpc) is 2.79. The van der Waals surface area contributed by atoms with Crippen molar-refractivity contribution in [1.29, 1.82) is 0 Å². The lowest BCUT2D eigenvalue weighted by atomic mass is 10.1. The van der Waals surface area contributed by atoms with Crippen LogP contribution in [0.5, 0.6) is 0 Å². The van der Waals surface area contributed by atoms with Crippen LogP contribution in [0, 0.1) is 0 Å². The molecule has 0 fully saturated rings. The predicted molar refractivity (Wildman–Crippen MR) is 114 cm³/mol. The molecule has 3 nitrogen and oxygen atoms in total. The molecule has 0 spiro atoms. The summed E-state index contributed by atoms with van der Waals surface area (Å²) in [7, 11) is 0. The Morgan fingerprint density at radius 1 is 0.500 bits per heavy atom. The van der Waals surface area contributed by atoms with Gasteiger partial charge in [0.05, 0.1) is 16.9 Å². The van der Waals surface area contributed by atoms with E-state index in [1.54, 1.807) is 0 Å². The summed E-state index contributed by atoms with van der Waals surface area (Å²) in [6.45, 7) is 0. The topological polar surface area (TPSA) is 38.7 Å². The third-order valence-electron chi connectivity index (χ3n) is 4.71. The Balaban J connectivity index is 1.72. The van der Waals surface area contributed by atoms with Crippen molar-refractivity contribution in [2.24, 2.45) is 0 Å². The minimum atomic E-state index is 0.713. The zero-order chi connectivity index (χ0) is 18.8. The van der Waals surface area contributed by atoms with Crippen LogP contribution in [-0.2, 0) is 0 Å². The van der Waals surface area contributed by atoms with Gasteiger partial charge in [-0.15, -0.1) is 0 Å². The Morgan fingerprint density at radius 3 is 1.86 bits per heavy atom. The van der Waals surface area contributed by atoms with Gasteiger partial charge in [-0.25, -0.2) is 9.97 Å². The Morgan fingerprint density at radius 2 is 1.11 bits per heavy atom. The molecule has 3 aromatic carbocycles. The van der Waals surface area contributed by atoms with Gasteiger partial charge in [-0.1, -0.05) is 78.9 Å². The summed E-state index contributed by atoms with van der Waals surface area (Å²) >= 11 is 0. The molecule has 0 N–H and O–H groups in total. The smallest absolute Gasteiger partial charge is 0.160 e. The summed E-state index contributed by atoms with van der Waals surface area (Å²) in [6.07, 6.45) is 1.88. The number of rotatable bonds is 3. The number of fused-ring (bicyclic) bond motifs is 1. The number of para-hydroxylation sites is 1. The molecule has 5 aromatic rings. The van der Waals surface area contributed by atoms with Crippen molar-refractivity contribution >= 4 is 10.9 Å². The van der Waals surface area contributed by atoms with Crippen molar-refractivity contribution in [2.45, 2.75) is 0 Å². The van der Waals surface area contributed by atoms with Crippen LogP contribution >= 0.6 is 0 Å². The lowest BCUT2D eigenvalue weighted by molar-refractivity contribution is 1.18. The summed E-state index contributed by atoms with van der Waals surface area (Å²) in [5, 5.41) is 1.10. The van der Waals surface area contributed by atoms with Crippen LogP contribution in [0.2, 0.25) is 0 Å². The molecule has 0 amide bonds. The average molecular weight is 359 g/mol. The summed E-state index contributed by atoms with van der Waals surface area (Å²) in [6, 6.07) is 32.6. The van der Waals surface area contributed by atoms with Gasteiger partial charge in [-0.2, -0.15) is 0 Å². The third-order valence-corrected chi connectivity index (χ3v) is 4.71. The molecule has 132 valence electrons. The maximum Gasteiger partial charge on any atom is 0.160 e. The molecular weight excluding hydrogens is 342 g/mol. The molecule has 0 aliphatic carbocycles. The second-order valence-electron chi connectivity index (χ2n) is 6.61. The van der Waals surface area contributed by atoms with E-state index in [2.05, 4.69) is 29.2 Å². The van der Waals surface area contributed by atoms with E-state index in [1.807, 2.05) is 79.0 Å². The number of pyridine rings is 1. The number of benzene rings is 3. The maximum atomic E-state index is 4.86. The van der Waals surface area contributed by atoms with Gasteiger partial charge in [-0.05, 0) is 18.2 Å². The third kappa shape index (κ3) is 3.14. The van der Waals surface area contributed by atoms with Gasteiger partial charge in [0.2, 0.25) is 0 Å².